The van der Waals surface area contributed by atoms with E-state index in [-0.39, 0.29) is 39.9 Å². The van der Waals surface area contributed by atoms with Crippen LogP contribution in [0.15, 0.2) is 85.5 Å². The fourth-order valence-electron chi connectivity index (χ4n) is 6.67. The lowest BCUT2D eigenvalue weighted by Crippen LogP contribution is -2.53. The van der Waals surface area contributed by atoms with Crippen LogP contribution in [0, 0.1) is 23.3 Å². The molecule has 5 aromatic rings. The highest BCUT2D eigenvalue weighted by molar-refractivity contribution is 7.94. The monoisotopic (exact) mass is 892 g/mol. The van der Waals surface area contributed by atoms with Crippen LogP contribution >= 0.6 is 0 Å². The number of methoxy groups -OCH3 is 1. The molecule has 63 heavy (non-hydrogen) atoms. The second kappa shape index (κ2) is 19.2. The number of benzene rings is 3. The number of fused-ring (bicyclic) bond motifs is 1. The summed E-state index contributed by atoms with van der Waals surface area (Å²) in [5.74, 6) is -6.79. The molecule has 3 aromatic carbocycles. The molecule has 4 amide bonds. The minimum absolute atomic E-state index is 0.00351. The maximum Gasteiger partial charge on any atom is 0.327 e. The van der Waals surface area contributed by atoms with Gasteiger partial charge in [0.15, 0.2) is 0 Å². The summed E-state index contributed by atoms with van der Waals surface area (Å²) in [5, 5.41) is 4.98. The molecule has 6 rings (SSSR count). The second-order valence-electron chi connectivity index (χ2n) is 14.1. The Bertz CT molecular complexity index is 2420. The zero-order chi connectivity index (χ0) is 45.6. The van der Waals surface area contributed by atoms with Gasteiger partial charge in [-0.2, -0.15) is 8.42 Å². The Balaban J connectivity index is 1.23. The van der Waals surface area contributed by atoms with E-state index in [0.29, 0.717) is 33.0 Å². The van der Waals surface area contributed by atoms with Crippen LogP contribution < -0.4 is 33.8 Å². The first-order valence-electron chi connectivity index (χ1n) is 19.1. The van der Waals surface area contributed by atoms with Crippen molar-refractivity contribution in [2.45, 2.75) is 38.3 Å². The zero-order valence-corrected chi connectivity index (χ0v) is 34.9. The molecule has 0 spiro atoms. The fourth-order valence-corrected chi connectivity index (χ4v) is 8.28. The predicted octanol–water partition coefficient (Wildman–Crippen LogP) is 3.05. The lowest BCUT2D eigenvalue weighted by atomic mass is 10.0. The van der Waals surface area contributed by atoms with E-state index in [1.54, 1.807) is 0 Å². The SMILES string of the molecule is CCc1ncc(N(C)C(=O)[C@H](Cc2cc(F)cc(F)c2)NC(=O)CN2c3ccccc3N(CC(=O)N[C@@H](Cc3cc(F)cc(F)c3)C(=O)N(C)c3cnc(OC)nc3)S2(=O)=O)cn1. The molecule has 1 aliphatic heterocycles. The average Bonchev–Trinajstić information content (AvgIpc) is 3.45. The third-order valence-electron chi connectivity index (χ3n) is 9.78. The first-order chi connectivity index (χ1) is 30.0. The largest absolute Gasteiger partial charge is 0.467 e. The number of ether oxygens (including phenoxy) is 1. The molecule has 2 atom stereocenters. The predicted molar refractivity (Wildman–Crippen MR) is 221 cm³/mol. The number of nitrogens with one attached hydrogen (secondary N) is 2. The maximum atomic E-state index is 14.2. The standard InChI is InChI=1S/C41H40F4N10O7S/c1-5-36-46-18-30(19-47-36)52(2)39(58)32(14-24-10-26(42)16-27(43)11-24)50-37(56)22-54-34-8-6-7-9-35(34)55(63(54,60)61)23-38(57)51-33(15-25-12-28(44)17-29(45)13-25)40(59)53(3)31-20-48-41(62-4)49-21-31/h6-13,16-21,32-33H,5,14-15,22-23H2,1-4H3,(H,50,56)(H,51,57)/t32-,33-/m0/s1. The minimum Gasteiger partial charge on any atom is -0.467 e. The Morgan fingerprint density at radius 1 is 0.667 bits per heavy atom. The molecule has 0 unspecified atom stereocenters. The van der Waals surface area contributed by atoms with Crippen LogP contribution in [0.5, 0.6) is 6.01 Å². The van der Waals surface area contributed by atoms with Gasteiger partial charge in [-0.05, 0) is 47.5 Å². The van der Waals surface area contributed by atoms with E-state index >= 15 is 0 Å². The summed E-state index contributed by atoms with van der Waals surface area (Å²) in [5.41, 5.74) is 0.351. The lowest BCUT2D eigenvalue weighted by Gasteiger charge is -2.27. The zero-order valence-electron chi connectivity index (χ0n) is 34.1. The summed E-state index contributed by atoms with van der Waals surface area (Å²) in [6, 6.07) is 7.91. The van der Waals surface area contributed by atoms with Gasteiger partial charge in [0.25, 0.3) is 0 Å². The number of para-hydroxylation sites is 2. The van der Waals surface area contributed by atoms with Crippen molar-refractivity contribution in [2.75, 3.05) is 52.7 Å². The molecule has 0 saturated carbocycles. The molecule has 330 valence electrons. The quantitative estimate of drug-likeness (QED) is 0.138. The van der Waals surface area contributed by atoms with E-state index in [0.717, 1.165) is 34.1 Å². The Morgan fingerprint density at radius 3 is 1.41 bits per heavy atom. The van der Waals surface area contributed by atoms with Gasteiger partial charge in [0.2, 0.25) is 23.6 Å². The van der Waals surface area contributed by atoms with Gasteiger partial charge >= 0.3 is 16.2 Å². The number of halogens is 4. The minimum atomic E-state index is -4.75. The van der Waals surface area contributed by atoms with E-state index in [1.165, 1.54) is 70.3 Å². The summed E-state index contributed by atoms with van der Waals surface area (Å²) >= 11 is 0. The average molecular weight is 893 g/mol. The number of hydrogen-bond donors (Lipinski definition) is 2. The summed E-state index contributed by atoms with van der Waals surface area (Å²) in [4.78, 5) is 73.8. The van der Waals surface area contributed by atoms with Crippen LogP contribution in [0.1, 0.15) is 23.9 Å². The number of nitrogens with zero attached hydrogens (tertiary/aromatic N) is 8. The molecule has 17 nitrogen and oxygen atoms in total. The van der Waals surface area contributed by atoms with Crippen molar-refractivity contribution in [3.8, 4) is 6.01 Å². The molecule has 3 heterocycles. The Labute approximate surface area is 358 Å². The van der Waals surface area contributed by atoms with Crippen molar-refractivity contribution in [3.63, 3.8) is 0 Å². The van der Waals surface area contributed by atoms with Crippen molar-refractivity contribution >= 4 is 56.6 Å². The molecule has 0 aliphatic carbocycles. The van der Waals surface area contributed by atoms with Crippen LogP contribution in [-0.2, 0) is 48.6 Å². The van der Waals surface area contributed by atoms with Crippen molar-refractivity contribution in [3.05, 3.63) is 126 Å². The Morgan fingerprint density at radius 2 is 1.05 bits per heavy atom. The molecule has 2 aromatic heterocycles. The van der Waals surface area contributed by atoms with Gasteiger partial charge in [-0.25, -0.2) is 46.1 Å². The number of anilines is 4. The molecule has 22 heteroatoms. The van der Waals surface area contributed by atoms with Gasteiger partial charge in [-0.1, -0.05) is 19.1 Å². The van der Waals surface area contributed by atoms with E-state index in [9.17, 15) is 45.2 Å². The van der Waals surface area contributed by atoms with Crippen molar-refractivity contribution in [2.24, 2.45) is 0 Å². The van der Waals surface area contributed by atoms with Crippen molar-refractivity contribution in [1.82, 2.24) is 30.6 Å². The van der Waals surface area contributed by atoms with Crippen LogP contribution in [-0.4, -0.2) is 98.4 Å². The number of carbonyl (C=O) groups excluding carboxylic acids is 4. The number of aryl methyl sites for hydroxylation is 1. The molecule has 0 radical (unpaired) electrons. The van der Waals surface area contributed by atoms with E-state index in [1.807, 2.05) is 6.92 Å². The van der Waals surface area contributed by atoms with E-state index in [4.69, 9.17) is 4.74 Å². The third kappa shape index (κ3) is 10.6. The normalized spacial score (nSPS) is 13.7. The van der Waals surface area contributed by atoms with Gasteiger partial charge in [-0.15, -0.1) is 0 Å². The number of carbonyl (C=O) groups is 4. The molecule has 0 fully saturated rings. The Hall–Kier alpha value is -7.23. The van der Waals surface area contributed by atoms with Gasteiger partial charge in [0.1, 0.15) is 54.3 Å². The van der Waals surface area contributed by atoms with Gasteiger partial charge in [0, 0.05) is 45.5 Å². The Kier molecular flexibility index (Phi) is 13.8. The summed E-state index contributed by atoms with van der Waals surface area (Å²) < 4.78 is 91.7. The van der Waals surface area contributed by atoms with Crippen LogP contribution in [0.2, 0.25) is 0 Å². The number of likely N-dealkylation sites (N-methyl/N-ethyl adjacent to an activating group) is 2. The van der Waals surface area contributed by atoms with Gasteiger partial charge in [0.05, 0.1) is 54.6 Å². The fraction of sp³-hybridized carbons (Fsp3) is 0.268. The molecule has 1 aliphatic rings. The number of rotatable bonds is 16. The number of amides is 4. The van der Waals surface area contributed by atoms with E-state index < -0.39 is 95.1 Å². The first kappa shape index (κ1) is 45.3. The summed E-state index contributed by atoms with van der Waals surface area (Å²) in [6.45, 7) is -0.0107. The van der Waals surface area contributed by atoms with Gasteiger partial charge in [-0.3, -0.25) is 19.2 Å². The third-order valence-corrected chi connectivity index (χ3v) is 11.5. The molecule has 2 N–H and O–H groups in total. The maximum absolute atomic E-state index is 14.2. The van der Waals surface area contributed by atoms with Crippen LogP contribution in [0.25, 0.3) is 0 Å². The molecular weight excluding hydrogens is 853 g/mol. The molecule has 0 saturated heterocycles. The highest BCUT2D eigenvalue weighted by Crippen LogP contribution is 2.40. The van der Waals surface area contributed by atoms with Crippen molar-refractivity contribution < 1.29 is 49.9 Å². The smallest absolute Gasteiger partial charge is 0.327 e. The van der Waals surface area contributed by atoms with Crippen LogP contribution in [0.3, 0.4) is 0 Å². The summed E-state index contributed by atoms with van der Waals surface area (Å²) in [7, 11) is -0.695. The molecular formula is C41H40F4N10O7S. The molecule has 0 bridgehead atoms. The van der Waals surface area contributed by atoms with Crippen molar-refractivity contribution in [1.29, 1.82) is 0 Å². The lowest BCUT2D eigenvalue weighted by molar-refractivity contribution is -0.126. The van der Waals surface area contributed by atoms with Gasteiger partial charge < -0.3 is 25.2 Å². The highest BCUT2D eigenvalue weighted by atomic mass is 32.2. The second-order valence-corrected chi connectivity index (χ2v) is 15.9. The number of aromatic nitrogens is 4. The summed E-state index contributed by atoms with van der Waals surface area (Å²) in [6.07, 6.45) is 4.99. The number of hydrogen-bond acceptors (Lipinski definition) is 11. The topological polar surface area (TPSA) is 200 Å². The highest BCUT2D eigenvalue weighted by Gasteiger charge is 2.43. The first-order valence-corrected chi connectivity index (χ1v) is 20.5. The van der Waals surface area contributed by atoms with Crippen LogP contribution in [0.4, 0.5) is 40.3 Å². The van der Waals surface area contributed by atoms with E-state index in [2.05, 4.69) is 30.6 Å².